The summed E-state index contributed by atoms with van der Waals surface area (Å²) in [5.41, 5.74) is 1.06. The van der Waals surface area contributed by atoms with E-state index in [1.807, 2.05) is 17.0 Å². The number of halogens is 2. The molecule has 1 spiro atoms. The van der Waals surface area contributed by atoms with E-state index in [0.29, 0.717) is 49.3 Å². The van der Waals surface area contributed by atoms with E-state index in [9.17, 15) is 4.79 Å². The molecule has 2 fully saturated rings. The molecule has 0 saturated carbocycles. The zero-order valence-electron chi connectivity index (χ0n) is 14.2. The van der Waals surface area contributed by atoms with Crippen molar-refractivity contribution in [2.45, 2.75) is 31.5 Å². The summed E-state index contributed by atoms with van der Waals surface area (Å²) in [4.78, 5) is 14.2. The van der Waals surface area contributed by atoms with Crippen LogP contribution < -0.4 is 5.32 Å². The maximum Gasteiger partial charge on any atom is 0.223 e. The average Bonchev–Trinajstić information content (AvgIpc) is 3.05. The number of carbonyl (C=O) groups is 1. The molecule has 0 aromatic heterocycles. The van der Waals surface area contributed by atoms with Crippen molar-refractivity contribution in [2.24, 2.45) is 0 Å². The van der Waals surface area contributed by atoms with Crippen LogP contribution in [0.25, 0.3) is 0 Å². The molecule has 25 heavy (non-hydrogen) atoms. The Morgan fingerprint density at radius 2 is 1.88 bits per heavy atom. The molecule has 0 atom stereocenters. The zero-order valence-corrected chi connectivity index (χ0v) is 15.7. The Morgan fingerprint density at radius 3 is 2.56 bits per heavy atom. The molecule has 1 N–H and O–H groups in total. The number of hydrogen-bond donors (Lipinski definition) is 1. The Labute approximate surface area is 158 Å². The molecule has 1 aromatic rings. The minimum atomic E-state index is -0.424. The van der Waals surface area contributed by atoms with Gasteiger partial charge >= 0.3 is 0 Å². The Balaban J connectivity index is 1.32. The minimum Gasteiger partial charge on any atom is -0.347 e. The van der Waals surface area contributed by atoms with Crippen LogP contribution in [0.2, 0.25) is 10.0 Å². The van der Waals surface area contributed by atoms with Gasteiger partial charge in [-0.05, 0) is 30.7 Å². The third kappa shape index (κ3) is 5.08. The third-order valence-corrected chi connectivity index (χ3v) is 5.38. The predicted molar refractivity (Wildman–Crippen MR) is 98.1 cm³/mol. The van der Waals surface area contributed by atoms with Crippen LogP contribution in [-0.4, -0.2) is 56.0 Å². The quantitative estimate of drug-likeness (QED) is 0.763. The van der Waals surface area contributed by atoms with Crippen LogP contribution in [0.15, 0.2) is 18.2 Å². The lowest BCUT2D eigenvalue weighted by Crippen LogP contribution is -2.47. The maximum absolute atomic E-state index is 12.3. The summed E-state index contributed by atoms with van der Waals surface area (Å²) in [6, 6.07) is 5.53. The summed E-state index contributed by atoms with van der Waals surface area (Å²) in [5, 5.41) is 4.63. The minimum absolute atomic E-state index is 0.185. The molecule has 0 aliphatic carbocycles. The van der Waals surface area contributed by atoms with Crippen molar-refractivity contribution in [3.8, 4) is 0 Å². The molecule has 0 unspecified atom stereocenters. The number of ether oxygens (including phenoxy) is 2. The van der Waals surface area contributed by atoms with Crippen molar-refractivity contribution in [3.05, 3.63) is 33.8 Å². The van der Waals surface area contributed by atoms with E-state index >= 15 is 0 Å². The molecule has 0 radical (unpaired) electrons. The molecular formula is C18H24Cl2N2O3. The molecule has 3 rings (SSSR count). The van der Waals surface area contributed by atoms with Crippen LogP contribution in [0, 0.1) is 0 Å². The van der Waals surface area contributed by atoms with Gasteiger partial charge in [0, 0.05) is 48.9 Å². The summed E-state index contributed by atoms with van der Waals surface area (Å²) in [7, 11) is 0. The second kappa shape index (κ2) is 8.69. The topological polar surface area (TPSA) is 50.8 Å². The number of likely N-dealkylation sites (tertiary alicyclic amines) is 1. The van der Waals surface area contributed by atoms with Gasteiger partial charge in [0.2, 0.25) is 5.91 Å². The SMILES string of the molecule is O=C(CCNCCc1ccc(Cl)cc1Cl)N1CCC2(CC1)OCCO2. The molecule has 2 saturated heterocycles. The molecule has 7 heteroatoms. The molecule has 1 amide bonds. The number of piperidine rings is 1. The van der Waals surface area contributed by atoms with Gasteiger partial charge in [-0.25, -0.2) is 0 Å². The first kappa shape index (κ1) is 18.9. The maximum atomic E-state index is 12.3. The van der Waals surface area contributed by atoms with Crippen molar-refractivity contribution in [3.63, 3.8) is 0 Å². The first-order valence-corrected chi connectivity index (χ1v) is 9.54. The van der Waals surface area contributed by atoms with Crippen molar-refractivity contribution < 1.29 is 14.3 Å². The molecule has 5 nitrogen and oxygen atoms in total. The Kier molecular flexibility index (Phi) is 6.58. The molecule has 138 valence electrons. The van der Waals surface area contributed by atoms with Crippen LogP contribution in [0.3, 0.4) is 0 Å². The number of carbonyl (C=O) groups excluding carboxylic acids is 1. The summed E-state index contributed by atoms with van der Waals surface area (Å²) >= 11 is 12.0. The van der Waals surface area contributed by atoms with Crippen LogP contribution in [0.1, 0.15) is 24.8 Å². The van der Waals surface area contributed by atoms with E-state index in [-0.39, 0.29) is 5.91 Å². The van der Waals surface area contributed by atoms with Gasteiger partial charge in [0.1, 0.15) is 0 Å². The van der Waals surface area contributed by atoms with Crippen LogP contribution in [-0.2, 0) is 20.7 Å². The highest BCUT2D eigenvalue weighted by molar-refractivity contribution is 6.35. The Morgan fingerprint density at radius 1 is 1.16 bits per heavy atom. The molecule has 2 aliphatic heterocycles. The lowest BCUT2D eigenvalue weighted by molar-refractivity contribution is -0.187. The third-order valence-electron chi connectivity index (χ3n) is 4.79. The van der Waals surface area contributed by atoms with E-state index in [0.717, 1.165) is 31.4 Å². The lowest BCUT2D eigenvalue weighted by Gasteiger charge is -2.37. The average molecular weight is 387 g/mol. The van der Waals surface area contributed by atoms with Crippen LogP contribution >= 0.6 is 23.2 Å². The Bertz CT molecular complexity index is 596. The molecule has 0 bridgehead atoms. The number of hydrogen-bond acceptors (Lipinski definition) is 4. The fraction of sp³-hybridized carbons (Fsp3) is 0.611. The first-order chi connectivity index (χ1) is 12.1. The van der Waals surface area contributed by atoms with Gasteiger partial charge in [-0.15, -0.1) is 0 Å². The summed E-state index contributed by atoms with van der Waals surface area (Å²) < 4.78 is 11.4. The van der Waals surface area contributed by atoms with Crippen molar-refractivity contribution in [2.75, 3.05) is 39.4 Å². The highest BCUT2D eigenvalue weighted by atomic mass is 35.5. The molecule has 2 heterocycles. The molecule has 1 aromatic carbocycles. The zero-order chi connectivity index (χ0) is 17.7. The monoisotopic (exact) mass is 386 g/mol. The lowest BCUT2D eigenvalue weighted by atomic mass is 10.0. The van der Waals surface area contributed by atoms with Gasteiger partial charge in [-0.2, -0.15) is 0 Å². The van der Waals surface area contributed by atoms with Gasteiger partial charge < -0.3 is 19.7 Å². The summed E-state index contributed by atoms with van der Waals surface area (Å²) in [6.45, 7) is 4.18. The fourth-order valence-corrected chi connectivity index (χ4v) is 3.81. The van der Waals surface area contributed by atoms with Gasteiger partial charge in [0.25, 0.3) is 0 Å². The second-order valence-corrected chi connectivity index (χ2v) is 7.32. The van der Waals surface area contributed by atoms with Gasteiger partial charge in [0.15, 0.2) is 5.79 Å². The first-order valence-electron chi connectivity index (χ1n) is 8.78. The molecule has 2 aliphatic rings. The van der Waals surface area contributed by atoms with Gasteiger partial charge in [-0.3, -0.25) is 4.79 Å². The van der Waals surface area contributed by atoms with Gasteiger partial charge in [-0.1, -0.05) is 29.3 Å². The van der Waals surface area contributed by atoms with E-state index < -0.39 is 5.79 Å². The number of nitrogens with one attached hydrogen (secondary N) is 1. The van der Waals surface area contributed by atoms with Crippen LogP contribution in [0.4, 0.5) is 0 Å². The Hall–Kier alpha value is -0.850. The smallest absolute Gasteiger partial charge is 0.223 e. The normalized spacial score (nSPS) is 19.5. The van der Waals surface area contributed by atoms with E-state index in [4.69, 9.17) is 32.7 Å². The largest absolute Gasteiger partial charge is 0.347 e. The number of rotatable bonds is 6. The standard InChI is InChI=1S/C18H24Cl2N2O3/c19-15-2-1-14(16(20)13-15)3-7-21-8-4-17(23)22-9-5-18(6-10-22)24-11-12-25-18/h1-2,13,21H,3-12H2. The molecular weight excluding hydrogens is 363 g/mol. The van der Waals surface area contributed by atoms with E-state index in [2.05, 4.69) is 5.32 Å². The summed E-state index contributed by atoms with van der Waals surface area (Å²) in [6.07, 6.45) is 2.84. The second-order valence-electron chi connectivity index (χ2n) is 6.47. The predicted octanol–water partition coefficient (Wildman–Crippen LogP) is 2.88. The summed E-state index contributed by atoms with van der Waals surface area (Å²) in [5.74, 6) is -0.239. The van der Waals surface area contributed by atoms with Crippen molar-refractivity contribution in [1.29, 1.82) is 0 Å². The number of amides is 1. The van der Waals surface area contributed by atoms with Crippen molar-refractivity contribution >= 4 is 29.1 Å². The highest BCUT2D eigenvalue weighted by Crippen LogP contribution is 2.31. The van der Waals surface area contributed by atoms with Crippen LogP contribution in [0.5, 0.6) is 0 Å². The fourth-order valence-electron chi connectivity index (χ4n) is 3.31. The van der Waals surface area contributed by atoms with E-state index in [1.165, 1.54) is 0 Å². The number of nitrogens with zero attached hydrogens (tertiary/aromatic N) is 1. The van der Waals surface area contributed by atoms with E-state index in [1.54, 1.807) is 6.07 Å². The van der Waals surface area contributed by atoms with Gasteiger partial charge in [0.05, 0.1) is 13.2 Å². The number of benzene rings is 1. The highest BCUT2D eigenvalue weighted by Gasteiger charge is 2.40. The van der Waals surface area contributed by atoms with Crippen molar-refractivity contribution in [1.82, 2.24) is 10.2 Å².